The van der Waals surface area contributed by atoms with E-state index < -0.39 is 0 Å². The maximum atomic E-state index is 12.3. The molecule has 2 heterocycles. The summed E-state index contributed by atoms with van der Waals surface area (Å²) in [6.07, 6.45) is 7.31. The van der Waals surface area contributed by atoms with E-state index in [0.717, 1.165) is 28.8 Å². The summed E-state index contributed by atoms with van der Waals surface area (Å²) in [5.41, 5.74) is 2.96. The molecule has 0 atom stereocenters. The third kappa shape index (κ3) is 6.13. The molecule has 166 valence electrons. The summed E-state index contributed by atoms with van der Waals surface area (Å²) in [5.74, 6) is 1.61. The second-order valence-corrected chi connectivity index (χ2v) is 7.22. The predicted molar refractivity (Wildman–Crippen MR) is 127 cm³/mol. The fourth-order valence-corrected chi connectivity index (χ4v) is 3.04. The molecule has 0 radical (unpaired) electrons. The third-order valence-corrected chi connectivity index (χ3v) is 4.69. The van der Waals surface area contributed by atoms with Gasteiger partial charge in [0.2, 0.25) is 11.8 Å². The van der Waals surface area contributed by atoms with Gasteiger partial charge in [0.1, 0.15) is 11.5 Å². The molecule has 0 aliphatic carbocycles. The highest BCUT2D eigenvalue weighted by Gasteiger charge is 2.08. The van der Waals surface area contributed by atoms with Crippen LogP contribution in [-0.4, -0.2) is 27.5 Å². The Morgan fingerprint density at radius 2 is 1.76 bits per heavy atom. The van der Waals surface area contributed by atoms with Crippen molar-refractivity contribution < 1.29 is 14.3 Å². The highest BCUT2D eigenvalue weighted by atomic mass is 16.5. The smallest absolute Gasteiger partial charge is 0.244 e. The van der Waals surface area contributed by atoms with Gasteiger partial charge >= 0.3 is 0 Å². The molecule has 7 nitrogen and oxygen atoms in total. The minimum atomic E-state index is -0.253. The summed E-state index contributed by atoms with van der Waals surface area (Å²) in [7, 11) is 0. The lowest BCUT2D eigenvalue weighted by molar-refractivity contribution is -0.116. The van der Waals surface area contributed by atoms with Crippen molar-refractivity contribution >= 4 is 23.0 Å². The molecular weight excluding hydrogens is 416 g/mol. The summed E-state index contributed by atoms with van der Waals surface area (Å²) in [5, 5.41) is 2.85. The quantitative estimate of drug-likeness (QED) is 0.371. The topological polar surface area (TPSA) is 86.2 Å². The Morgan fingerprint density at radius 1 is 0.970 bits per heavy atom. The van der Waals surface area contributed by atoms with Crippen LogP contribution in [-0.2, 0) is 11.3 Å². The van der Waals surface area contributed by atoms with Gasteiger partial charge in [-0.1, -0.05) is 25.1 Å². The van der Waals surface area contributed by atoms with E-state index in [2.05, 4.69) is 27.2 Å². The van der Waals surface area contributed by atoms with Crippen LogP contribution in [0, 0.1) is 0 Å². The Labute approximate surface area is 192 Å². The molecule has 4 rings (SSSR count). The van der Waals surface area contributed by atoms with E-state index in [9.17, 15) is 4.79 Å². The molecule has 1 N–H and O–H groups in total. The standard InChI is InChI=1S/C26H24N4O3/c1-2-16-32-21-10-12-22(13-11-21)33-26-19(6-5-15-27-26)17-29-25(31)14-9-20-18-28-23-7-3-4-8-24(23)30-20/h3-15,18H,2,16-17H2,1H3,(H,29,31)/b14-9+. The second kappa shape index (κ2) is 10.9. The Hall–Kier alpha value is -4.26. The van der Waals surface area contributed by atoms with Crippen molar-refractivity contribution in [3.05, 3.63) is 90.4 Å². The highest BCUT2D eigenvalue weighted by Crippen LogP contribution is 2.25. The minimum absolute atomic E-state index is 0.253. The van der Waals surface area contributed by atoms with Crippen LogP contribution in [0.15, 0.2) is 79.1 Å². The van der Waals surface area contributed by atoms with Crippen molar-refractivity contribution in [2.75, 3.05) is 6.61 Å². The molecule has 33 heavy (non-hydrogen) atoms. The third-order valence-electron chi connectivity index (χ3n) is 4.69. The lowest BCUT2D eigenvalue weighted by Gasteiger charge is -2.11. The van der Waals surface area contributed by atoms with Crippen LogP contribution in [0.2, 0.25) is 0 Å². The average molecular weight is 441 g/mol. The highest BCUT2D eigenvalue weighted by molar-refractivity contribution is 5.91. The monoisotopic (exact) mass is 440 g/mol. The van der Waals surface area contributed by atoms with Crippen molar-refractivity contribution in [1.82, 2.24) is 20.3 Å². The zero-order valence-corrected chi connectivity index (χ0v) is 18.3. The van der Waals surface area contributed by atoms with E-state index in [1.807, 2.05) is 54.6 Å². The molecule has 7 heteroatoms. The number of carbonyl (C=O) groups excluding carboxylic acids is 1. The molecule has 0 saturated carbocycles. The van der Waals surface area contributed by atoms with E-state index in [4.69, 9.17) is 9.47 Å². The summed E-state index contributed by atoms with van der Waals surface area (Å²) < 4.78 is 11.5. The molecule has 2 aromatic heterocycles. The van der Waals surface area contributed by atoms with Crippen molar-refractivity contribution in [2.24, 2.45) is 0 Å². The Kier molecular flexibility index (Phi) is 7.22. The minimum Gasteiger partial charge on any atom is -0.494 e. The SMILES string of the molecule is CCCOc1ccc(Oc2ncccc2CNC(=O)/C=C/c2cnc3ccccc3n2)cc1. The van der Waals surface area contributed by atoms with Crippen LogP contribution in [0.1, 0.15) is 24.6 Å². The lowest BCUT2D eigenvalue weighted by Crippen LogP contribution is -2.20. The first-order chi connectivity index (χ1) is 16.2. The van der Waals surface area contributed by atoms with Gasteiger partial charge in [-0.3, -0.25) is 9.78 Å². The van der Waals surface area contributed by atoms with Crippen LogP contribution >= 0.6 is 0 Å². The number of nitrogens with one attached hydrogen (secondary N) is 1. The maximum Gasteiger partial charge on any atom is 0.244 e. The average Bonchev–Trinajstić information content (AvgIpc) is 2.86. The van der Waals surface area contributed by atoms with Gasteiger partial charge in [0, 0.05) is 24.4 Å². The largest absolute Gasteiger partial charge is 0.494 e. The van der Waals surface area contributed by atoms with Crippen LogP contribution < -0.4 is 14.8 Å². The molecule has 0 unspecified atom stereocenters. The van der Waals surface area contributed by atoms with Crippen LogP contribution in [0.3, 0.4) is 0 Å². The van der Waals surface area contributed by atoms with Gasteiger partial charge in [0.05, 0.1) is 29.5 Å². The van der Waals surface area contributed by atoms with Gasteiger partial charge in [-0.2, -0.15) is 0 Å². The number of aromatic nitrogens is 3. The zero-order chi connectivity index (χ0) is 22.9. The van der Waals surface area contributed by atoms with E-state index in [1.165, 1.54) is 6.08 Å². The van der Waals surface area contributed by atoms with Crippen molar-refractivity contribution in [1.29, 1.82) is 0 Å². The Bertz CT molecular complexity index is 1260. The van der Waals surface area contributed by atoms with Crippen LogP contribution in [0.25, 0.3) is 17.1 Å². The second-order valence-electron chi connectivity index (χ2n) is 7.22. The number of para-hydroxylation sites is 2. The summed E-state index contributed by atoms with van der Waals surface area (Å²) in [6, 6.07) is 18.6. The van der Waals surface area contributed by atoms with Gasteiger partial charge in [-0.05, 0) is 55.0 Å². The first kappa shape index (κ1) is 22.0. The van der Waals surface area contributed by atoms with Gasteiger partial charge in [0.15, 0.2) is 0 Å². The fourth-order valence-electron chi connectivity index (χ4n) is 3.04. The van der Waals surface area contributed by atoms with E-state index in [1.54, 1.807) is 24.5 Å². The first-order valence-electron chi connectivity index (χ1n) is 10.7. The van der Waals surface area contributed by atoms with Gasteiger partial charge < -0.3 is 14.8 Å². The molecule has 1 amide bonds. The number of nitrogens with zero attached hydrogens (tertiary/aromatic N) is 3. The number of pyridine rings is 1. The van der Waals surface area contributed by atoms with E-state index in [-0.39, 0.29) is 12.5 Å². The molecule has 2 aromatic carbocycles. The summed E-state index contributed by atoms with van der Waals surface area (Å²) >= 11 is 0. The normalized spacial score (nSPS) is 10.9. The number of hydrogen-bond donors (Lipinski definition) is 1. The lowest BCUT2D eigenvalue weighted by atomic mass is 10.2. The molecule has 0 spiro atoms. The number of benzene rings is 2. The predicted octanol–water partition coefficient (Wildman–Crippen LogP) is 4.94. The molecular formula is C26H24N4O3. The van der Waals surface area contributed by atoms with Crippen molar-refractivity contribution in [2.45, 2.75) is 19.9 Å². The molecule has 0 aliphatic heterocycles. The van der Waals surface area contributed by atoms with Crippen molar-refractivity contribution in [3.63, 3.8) is 0 Å². The van der Waals surface area contributed by atoms with Crippen LogP contribution in [0.5, 0.6) is 17.4 Å². The number of fused-ring (bicyclic) bond motifs is 1. The van der Waals surface area contributed by atoms with Crippen molar-refractivity contribution in [3.8, 4) is 17.4 Å². The van der Waals surface area contributed by atoms with Gasteiger partial charge in [-0.15, -0.1) is 0 Å². The molecule has 0 saturated heterocycles. The zero-order valence-electron chi connectivity index (χ0n) is 18.3. The fraction of sp³-hybridized carbons (Fsp3) is 0.154. The molecule has 0 bridgehead atoms. The van der Waals surface area contributed by atoms with E-state index >= 15 is 0 Å². The summed E-state index contributed by atoms with van der Waals surface area (Å²) in [6.45, 7) is 3.01. The van der Waals surface area contributed by atoms with E-state index in [0.29, 0.717) is 23.9 Å². The molecule has 0 fully saturated rings. The number of carbonyl (C=O) groups is 1. The number of ether oxygens (including phenoxy) is 2. The van der Waals surface area contributed by atoms with Gasteiger partial charge in [-0.25, -0.2) is 9.97 Å². The Balaban J connectivity index is 1.36. The Morgan fingerprint density at radius 3 is 2.58 bits per heavy atom. The maximum absolute atomic E-state index is 12.3. The summed E-state index contributed by atoms with van der Waals surface area (Å²) in [4.78, 5) is 25.5. The number of hydrogen-bond acceptors (Lipinski definition) is 6. The van der Waals surface area contributed by atoms with Gasteiger partial charge in [0.25, 0.3) is 0 Å². The number of amides is 1. The first-order valence-corrected chi connectivity index (χ1v) is 10.7. The molecule has 4 aromatic rings. The number of rotatable bonds is 9. The molecule has 0 aliphatic rings. The van der Waals surface area contributed by atoms with Crippen LogP contribution in [0.4, 0.5) is 0 Å².